The molecule has 0 aliphatic rings. The summed E-state index contributed by atoms with van der Waals surface area (Å²) >= 11 is 0. The molecule has 2 aromatic carbocycles. The average Bonchev–Trinajstić information content (AvgIpc) is 2.67. The van der Waals surface area contributed by atoms with E-state index in [1.165, 1.54) is 0 Å². The Morgan fingerprint density at radius 2 is 1.52 bits per heavy atom. The molecule has 0 saturated heterocycles. The lowest BCUT2D eigenvalue weighted by atomic mass is 10.2. The van der Waals surface area contributed by atoms with Crippen molar-refractivity contribution < 1.29 is 19.1 Å². The average molecular weight is 370 g/mol. The summed E-state index contributed by atoms with van der Waals surface area (Å²) in [4.78, 5) is 24.4. The second-order valence-corrected chi connectivity index (χ2v) is 5.77. The normalized spacial score (nSPS) is 10.1. The van der Waals surface area contributed by atoms with E-state index in [2.05, 4.69) is 10.6 Å². The van der Waals surface area contributed by atoms with Gasteiger partial charge in [0, 0.05) is 13.0 Å². The van der Waals surface area contributed by atoms with Crippen LogP contribution in [-0.2, 0) is 4.79 Å². The largest absolute Gasteiger partial charge is 0.493 e. The number of rotatable bonds is 10. The number of ether oxygens (including phenoxy) is 2. The zero-order chi connectivity index (χ0) is 19.5. The van der Waals surface area contributed by atoms with Crippen LogP contribution in [0.15, 0.2) is 48.5 Å². The Balaban J connectivity index is 1.78. The number of carbonyl (C=O) groups excluding carboxylic acids is 2. The molecule has 2 aromatic rings. The third-order valence-electron chi connectivity index (χ3n) is 3.76. The summed E-state index contributed by atoms with van der Waals surface area (Å²) in [6.45, 7) is 5.19. The number of anilines is 1. The Morgan fingerprint density at radius 1 is 0.889 bits per heavy atom. The van der Waals surface area contributed by atoms with Crippen LogP contribution in [0.25, 0.3) is 0 Å². The Hall–Kier alpha value is -3.02. The van der Waals surface area contributed by atoms with Crippen molar-refractivity contribution in [1.82, 2.24) is 5.32 Å². The maximum atomic E-state index is 12.3. The van der Waals surface area contributed by atoms with Gasteiger partial charge in [-0.3, -0.25) is 9.59 Å². The summed E-state index contributed by atoms with van der Waals surface area (Å²) in [7, 11) is 0. The van der Waals surface area contributed by atoms with E-state index in [1.54, 1.807) is 24.3 Å². The summed E-state index contributed by atoms with van der Waals surface area (Å²) in [5.41, 5.74) is 1.15. The minimum atomic E-state index is -0.207. The summed E-state index contributed by atoms with van der Waals surface area (Å²) in [5.74, 6) is 0.879. The first-order chi connectivity index (χ1) is 13.2. The first kappa shape index (κ1) is 20.3. The molecule has 0 bridgehead atoms. The minimum Gasteiger partial charge on any atom is -0.493 e. The molecular weight excluding hydrogens is 344 g/mol. The van der Waals surface area contributed by atoms with Gasteiger partial charge in [0.2, 0.25) is 5.91 Å². The van der Waals surface area contributed by atoms with Crippen molar-refractivity contribution in [2.24, 2.45) is 0 Å². The van der Waals surface area contributed by atoms with Gasteiger partial charge < -0.3 is 20.1 Å². The molecule has 0 aromatic heterocycles. The van der Waals surface area contributed by atoms with Gasteiger partial charge in [0.1, 0.15) is 11.5 Å². The smallest absolute Gasteiger partial charge is 0.255 e. The van der Waals surface area contributed by atoms with E-state index in [9.17, 15) is 9.59 Å². The monoisotopic (exact) mass is 370 g/mol. The molecule has 0 aliphatic carbocycles. The molecule has 6 heteroatoms. The van der Waals surface area contributed by atoms with Gasteiger partial charge in [0.15, 0.2) is 0 Å². The Bertz CT molecular complexity index is 761. The van der Waals surface area contributed by atoms with Crippen LogP contribution in [0, 0.1) is 0 Å². The first-order valence-electron chi connectivity index (χ1n) is 9.17. The predicted molar refractivity (Wildman–Crippen MR) is 105 cm³/mol. The molecule has 0 atom stereocenters. The molecule has 0 fully saturated rings. The lowest BCUT2D eigenvalue weighted by molar-refractivity contribution is -0.116. The van der Waals surface area contributed by atoms with Crippen LogP contribution >= 0.6 is 0 Å². The van der Waals surface area contributed by atoms with Crippen molar-refractivity contribution >= 4 is 17.5 Å². The van der Waals surface area contributed by atoms with Crippen LogP contribution in [-0.4, -0.2) is 31.6 Å². The number of amides is 2. The quantitative estimate of drug-likeness (QED) is 0.626. The lowest BCUT2D eigenvalue weighted by Gasteiger charge is -2.12. The molecule has 0 unspecified atom stereocenters. The van der Waals surface area contributed by atoms with Gasteiger partial charge in [-0.1, -0.05) is 24.3 Å². The fourth-order valence-corrected chi connectivity index (χ4v) is 2.55. The second-order valence-electron chi connectivity index (χ2n) is 5.77. The van der Waals surface area contributed by atoms with Crippen LogP contribution in [0.5, 0.6) is 11.5 Å². The van der Waals surface area contributed by atoms with Gasteiger partial charge in [-0.05, 0) is 44.5 Å². The molecule has 2 rings (SSSR count). The molecule has 144 valence electrons. The predicted octanol–water partition coefficient (Wildman–Crippen LogP) is 3.63. The van der Waals surface area contributed by atoms with Crippen molar-refractivity contribution in [2.75, 3.05) is 25.1 Å². The fraction of sp³-hybridized carbons (Fsp3) is 0.333. The van der Waals surface area contributed by atoms with Gasteiger partial charge >= 0.3 is 0 Å². The number of benzene rings is 2. The van der Waals surface area contributed by atoms with Crippen molar-refractivity contribution in [3.63, 3.8) is 0 Å². The summed E-state index contributed by atoms with van der Waals surface area (Å²) < 4.78 is 11.0. The number of hydrogen-bond acceptors (Lipinski definition) is 4. The molecular formula is C21H26N2O4. The Morgan fingerprint density at radius 3 is 2.26 bits per heavy atom. The fourth-order valence-electron chi connectivity index (χ4n) is 2.55. The number of para-hydroxylation sites is 3. The van der Waals surface area contributed by atoms with Crippen LogP contribution < -0.4 is 20.1 Å². The molecule has 27 heavy (non-hydrogen) atoms. The van der Waals surface area contributed by atoms with E-state index >= 15 is 0 Å². The summed E-state index contributed by atoms with van der Waals surface area (Å²) in [5, 5.41) is 5.67. The van der Waals surface area contributed by atoms with Gasteiger partial charge in [-0.25, -0.2) is 0 Å². The van der Waals surface area contributed by atoms with Gasteiger partial charge in [0.05, 0.1) is 24.5 Å². The SMILES string of the molecule is CCOc1ccccc1NC(=O)CCCNC(=O)c1ccccc1OCC. The number of hydrogen-bond donors (Lipinski definition) is 2. The number of carbonyl (C=O) groups is 2. The van der Waals surface area contributed by atoms with E-state index in [1.807, 2.05) is 38.1 Å². The third-order valence-corrected chi connectivity index (χ3v) is 3.76. The third kappa shape index (κ3) is 6.33. The van der Waals surface area contributed by atoms with Crippen molar-refractivity contribution in [3.8, 4) is 11.5 Å². The molecule has 2 amide bonds. The summed E-state index contributed by atoms with van der Waals surface area (Å²) in [6.07, 6.45) is 0.832. The van der Waals surface area contributed by atoms with E-state index < -0.39 is 0 Å². The summed E-state index contributed by atoms with van der Waals surface area (Å²) in [6, 6.07) is 14.4. The van der Waals surface area contributed by atoms with Crippen LogP contribution in [0.3, 0.4) is 0 Å². The standard InChI is InChI=1S/C21H26N2O4/c1-3-26-18-12-7-5-10-16(18)21(25)22-15-9-14-20(24)23-17-11-6-8-13-19(17)27-4-2/h5-8,10-13H,3-4,9,14-15H2,1-2H3,(H,22,25)(H,23,24). The molecule has 0 spiro atoms. The maximum absolute atomic E-state index is 12.3. The van der Waals surface area contributed by atoms with Crippen LogP contribution in [0.4, 0.5) is 5.69 Å². The minimum absolute atomic E-state index is 0.119. The van der Waals surface area contributed by atoms with Crippen molar-refractivity contribution in [1.29, 1.82) is 0 Å². The van der Waals surface area contributed by atoms with Gasteiger partial charge in [-0.2, -0.15) is 0 Å². The van der Waals surface area contributed by atoms with E-state index in [4.69, 9.17) is 9.47 Å². The molecule has 2 N–H and O–H groups in total. The Kier molecular flexibility index (Phi) is 8.16. The van der Waals surface area contributed by atoms with Crippen LogP contribution in [0.1, 0.15) is 37.0 Å². The highest BCUT2D eigenvalue weighted by Crippen LogP contribution is 2.23. The molecule has 0 saturated carbocycles. The molecule has 0 aliphatic heterocycles. The van der Waals surface area contributed by atoms with Crippen molar-refractivity contribution in [3.05, 3.63) is 54.1 Å². The topological polar surface area (TPSA) is 76.7 Å². The Labute approximate surface area is 159 Å². The zero-order valence-corrected chi connectivity index (χ0v) is 15.8. The highest BCUT2D eigenvalue weighted by Gasteiger charge is 2.12. The second kappa shape index (κ2) is 10.9. The van der Waals surface area contributed by atoms with Gasteiger partial charge in [-0.15, -0.1) is 0 Å². The first-order valence-corrected chi connectivity index (χ1v) is 9.17. The van der Waals surface area contributed by atoms with E-state index in [-0.39, 0.29) is 11.8 Å². The van der Waals surface area contributed by atoms with E-state index in [0.29, 0.717) is 55.4 Å². The highest BCUT2D eigenvalue weighted by molar-refractivity contribution is 5.97. The van der Waals surface area contributed by atoms with E-state index in [0.717, 1.165) is 0 Å². The van der Waals surface area contributed by atoms with Gasteiger partial charge in [0.25, 0.3) is 5.91 Å². The molecule has 0 heterocycles. The molecule has 6 nitrogen and oxygen atoms in total. The lowest BCUT2D eigenvalue weighted by Crippen LogP contribution is -2.26. The van der Waals surface area contributed by atoms with Crippen LogP contribution in [0.2, 0.25) is 0 Å². The number of nitrogens with one attached hydrogen (secondary N) is 2. The maximum Gasteiger partial charge on any atom is 0.255 e. The highest BCUT2D eigenvalue weighted by atomic mass is 16.5. The zero-order valence-electron chi connectivity index (χ0n) is 15.8. The van der Waals surface area contributed by atoms with Crippen molar-refractivity contribution in [2.45, 2.75) is 26.7 Å². The molecule has 0 radical (unpaired) electrons.